The molecule has 0 N–H and O–H groups in total. The lowest BCUT2D eigenvalue weighted by Crippen LogP contribution is -1.89. The zero-order valence-corrected chi connectivity index (χ0v) is 9.09. The SMILES string of the molecule is O=COc1cccc2c1ccc1ccccc12. The number of hydrogen-bond donors (Lipinski definition) is 0. The number of carbonyl (C=O) groups excluding carboxylic acids is 1. The maximum absolute atomic E-state index is 10.5. The summed E-state index contributed by atoms with van der Waals surface area (Å²) in [6.07, 6.45) is 0. The number of hydrogen-bond acceptors (Lipinski definition) is 2. The van der Waals surface area contributed by atoms with Crippen LogP contribution >= 0.6 is 0 Å². The van der Waals surface area contributed by atoms with Crippen molar-refractivity contribution in [3.05, 3.63) is 54.6 Å². The normalized spacial score (nSPS) is 10.6. The van der Waals surface area contributed by atoms with Crippen molar-refractivity contribution in [2.45, 2.75) is 0 Å². The molecule has 0 saturated heterocycles. The molecule has 0 atom stereocenters. The Kier molecular flexibility index (Phi) is 2.26. The van der Waals surface area contributed by atoms with Crippen molar-refractivity contribution in [2.75, 3.05) is 0 Å². The van der Waals surface area contributed by atoms with E-state index < -0.39 is 0 Å². The van der Waals surface area contributed by atoms with Gasteiger partial charge in [0.1, 0.15) is 5.75 Å². The van der Waals surface area contributed by atoms with Gasteiger partial charge in [-0.2, -0.15) is 0 Å². The maximum atomic E-state index is 10.5. The van der Waals surface area contributed by atoms with Gasteiger partial charge in [-0.05, 0) is 28.3 Å². The summed E-state index contributed by atoms with van der Waals surface area (Å²) in [4.78, 5) is 10.5. The van der Waals surface area contributed by atoms with E-state index in [1.54, 1.807) is 6.07 Å². The van der Waals surface area contributed by atoms with Crippen molar-refractivity contribution in [3.63, 3.8) is 0 Å². The molecule has 2 nitrogen and oxygen atoms in total. The lowest BCUT2D eigenvalue weighted by molar-refractivity contribution is -0.120. The zero-order chi connectivity index (χ0) is 11.7. The van der Waals surface area contributed by atoms with Crippen molar-refractivity contribution in [1.29, 1.82) is 0 Å². The Labute approximate surface area is 98.4 Å². The molecule has 17 heavy (non-hydrogen) atoms. The molecule has 82 valence electrons. The van der Waals surface area contributed by atoms with Crippen molar-refractivity contribution in [3.8, 4) is 5.75 Å². The highest BCUT2D eigenvalue weighted by Crippen LogP contribution is 2.31. The summed E-state index contributed by atoms with van der Waals surface area (Å²) in [5.41, 5.74) is 0. The van der Waals surface area contributed by atoms with Gasteiger partial charge in [-0.15, -0.1) is 0 Å². The Morgan fingerprint density at radius 1 is 0.765 bits per heavy atom. The van der Waals surface area contributed by atoms with Crippen LogP contribution in [0.3, 0.4) is 0 Å². The fraction of sp³-hybridized carbons (Fsp3) is 0. The van der Waals surface area contributed by atoms with Crippen LogP contribution in [-0.4, -0.2) is 6.47 Å². The molecule has 3 rings (SSSR count). The zero-order valence-electron chi connectivity index (χ0n) is 9.09. The van der Waals surface area contributed by atoms with Gasteiger partial charge in [0, 0.05) is 5.39 Å². The van der Waals surface area contributed by atoms with Gasteiger partial charge in [0.25, 0.3) is 6.47 Å². The van der Waals surface area contributed by atoms with E-state index in [9.17, 15) is 4.79 Å². The lowest BCUT2D eigenvalue weighted by atomic mass is 10.0. The van der Waals surface area contributed by atoms with Crippen LogP contribution in [-0.2, 0) is 4.79 Å². The molecule has 0 aliphatic heterocycles. The summed E-state index contributed by atoms with van der Waals surface area (Å²) in [6.45, 7) is 0.462. The highest BCUT2D eigenvalue weighted by Gasteiger charge is 2.04. The highest BCUT2D eigenvalue weighted by atomic mass is 16.5. The van der Waals surface area contributed by atoms with Crippen molar-refractivity contribution in [2.24, 2.45) is 0 Å². The average Bonchev–Trinajstić information content (AvgIpc) is 2.39. The Balaban J connectivity index is 2.43. The second-order valence-electron chi connectivity index (χ2n) is 3.85. The predicted octanol–water partition coefficient (Wildman–Crippen LogP) is 3.53. The maximum Gasteiger partial charge on any atom is 0.298 e. The number of ether oxygens (including phenoxy) is 1. The molecule has 0 amide bonds. The van der Waals surface area contributed by atoms with Crippen molar-refractivity contribution >= 4 is 28.0 Å². The van der Waals surface area contributed by atoms with Crippen LogP contribution in [0.15, 0.2) is 54.6 Å². The van der Waals surface area contributed by atoms with Crippen LogP contribution in [0.1, 0.15) is 0 Å². The molecular weight excluding hydrogens is 212 g/mol. The van der Waals surface area contributed by atoms with Crippen LogP contribution in [0.25, 0.3) is 21.5 Å². The first-order valence-electron chi connectivity index (χ1n) is 5.41. The van der Waals surface area contributed by atoms with Gasteiger partial charge in [0.2, 0.25) is 0 Å². The Hall–Kier alpha value is -2.35. The third kappa shape index (κ3) is 1.54. The van der Waals surface area contributed by atoms with Gasteiger partial charge in [-0.3, -0.25) is 4.79 Å². The number of fused-ring (bicyclic) bond motifs is 3. The first-order valence-corrected chi connectivity index (χ1v) is 5.41. The molecule has 3 aromatic rings. The van der Waals surface area contributed by atoms with Crippen LogP contribution in [0.2, 0.25) is 0 Å². The topological polar surface area (TPSA) is 26.3 Å². The summed E-state index contributed by atoms with van der Waals surface area (Å²) in [6, 6.07) is 17.9. The van der Waals surface area contributed by atoms with Gasteiger partial charge in [-0.1, -0.05) is 42.5 Å². The molecule has 0 bridgehead atoms. The van der Waals surface area contributed by atoms with Crippen molar-refractivity contribution in [1.82, 2.24) is 0 Å². The van der Waals surface area contributed by atoms with E-state index in [1.165, 1.54) is 10.8 Å². The molecule has 0 spiro atoms. The van der Waals surface area contributed by atoms with Gasteiger partial charge in [0.15, 0.2) is 0 Å². The molecule has 0 saturated carbocycles. The summed E-state index contributed by atoms with van der Waals surface area (Å²) < 4.78 is 4.99. The summed E-state index contributed by atoms with van der Waals surface area (Å²) in [7, 11) is 0. The molecule has 0 aliphatic carbocycles. The molecule has 0 unspecified atom stereocenters. The van der Waals surface area contributed by atoms with E-state index in [4.69, 9.17) is 4.74 Å². The Morgan fingerprint density at radius 2 is 1.59 bits per heavy atom. The van der Waals surface area contributed by atoms with E-state index in [2.05, 4.69) is 12.1 Å². The van der Waals surface area contributed by atoms with Crippen molar-refractivity contribution < 1.29 is 9.53 Å². The molecule has 3 aromatic carbocycles. The van der Waals surface area contributed by atoms with E-state index in [-0.39, 0.29) is 0 Å². The molecular formula is C15H10O2. The molecule has 0 fully saturated rings. The highest BCUT2D eigenvalue weighted by molar-refractivity contribution is 6.09. The first kappa shape index (κ1) is 9.85. The largest absolute Gasteiger partial charge is 0.428 e. The Bertz CT molecular complexity index is 701. The standard InChI is InChI=1S/C15H10O2/c16-10-17-15-7-3-6-13-12-5-2-1-4-11(12)8-9-14(13)15/h1-10H. The predicted molar refractivity (Wildman–Crippen MR) is 68.1 cm³/mol. The monoisotopic (exact) mass is 222 g/mol. The third-order valence-corrected chi connectivity index (χ3v) is 2.92. The summed E-state index contributed by atoms with van der Waals surface area (Å²) >= 11 is 0. The van der Waals surface area contributed by atoms with Gasteiger partial charge in [-0.25, -0.2) is 0 Å². The third-order valence-electron chi connectivity index (χ3n) is 2.92. The minimum Gasteiger partial charge on any atom is -0.428 e. The van der Waals surface area contributed by atoms with Crippen LogP contribution in [0, 0.1) is 0 Å². The fourth-order valence-corrected chi connectivity index (χ4v) is 2.17. The molecule has 0 radical (unpaired) electrons. The second kappa shape index (κ2) is 3.91. The van der Waals surface area contributed by atoms with E-state index in [0.717, 1.165) is 10.8 Å². The smallest absolute Gasteiger partial charge is 0.298 e. The summed E-state index contributed by atoms with van der Waals surface area (Å²) in [5.74, 6) is 0.600. The second-order valence-corrected chi connectivity index (χ2v) is 3.85. The van der Waals surface area contributed by atoms with Gasteiger partial charge >= 0.3 is 0 Å². The number of rotatable bonds is 2. The number of carbonyl (C=O) groups is 1. The molecule has 2 heteroatoms. The number of benzene rings is 3. The van der Waals surface area contributed by atoms with E-state index in [1.807, 2.05) is 36.4 Å². The van der Waals surface area contributed by atoms with E-state index >= 15 is 0 Å². The van der Waals surface area contributed by atoms with Gasteiger partial charge < -0.3 is 4.74 Å². The minimum atomic E-state index is 0.462. The quantitative estimate of drug-likeness (QED) is 0.489. The van der Waals surface area contributed by atoms with Crippen LogP contribution in [0.5, 0.6) is 5.75 Å². The minimum absolute atomic E-state index is 0.462. The van der Waals surface area contributed by atoms with Crippen LogP contribution < -0.4 is 4.74 Å². The average molecular weight is 222 g/mol. The van der Waals surface area contributed by atoms with Gasteiger partial charge in [0.05, 0.1) is 0 Å². The molecule has 0 aliphatic rings. The molecule has 0 aromatic heterocycles. The first-order chi connectivity index (χ1) is 8.40. The summed E-state index contributed by atoms with van der Waals surface area (Å²) in [5, 5.41) is 4.41. The van der Waals surface area contributed by atoms with E-state index in [0.29, 0.717) is 12.2 Å². The van der Waals surface area contributed by atoms with Crippen LogP contribution in [0.4, 0.5) is 0 Å². The Morgan fingerprint density at radius 3 is 2.47 bits per heavy atom. The lowest BCUT2D eigenvalue weighted by Gasteiger charge is -2.06. The fourth-order valence-electron chi connectivity index (χ4n) is 2.17. The molecule has 0 heterocycles.